The van der Waals surface area contributed by atoms with Crippen molar-refractivity contribution in [3.05, 3.63) is 33.4 Å². The highest BCUT2D eigenvalue weighted by molar-refractivity contribution is 5.26. The number of aliphatic hydroxyl groups is 1. The predicted octanol–water partition coefficient (Wildman–Crippen LogP) is 0.791. The van der Waals surface area contributed by atoms with Crippen molar-refractivity contribution >= 4 is 0 Å². The van der Waals surface area contributed by atoms with E-state index in [4.69, 9.17) is 9.52 Å². The van der Waals surface area contributed by atoms with Gasteiger partial charge in [0, 0.05) is 12.7 Å². The van der Waals surface area contributed by atoms with Gasteiger partial charge in [0.1, 0.15) is 5.76 Å². The summed E-state index contributed by atoms with van der Waals surface area (Å²) in [5, 5.41) is 8.72. The Morgan fingerprint density at radius 2 is 2.17 bits per heavy atom. The second-order valence-corrected chi connectivity index (χ2v) is 2.76. The molecule has 1 N–H and O–H groups in total. The zero-order chi connectivity index (χ0) is 9.14. The second kappa shape index (κ2) is 3.54. The lowest BCUT2D eigenvalue weighted by Gasteiger charge is -2.04. The van der Waals surface area contributed by atoms with Crippen molar-refractivity contribution in [2.45, 2.75) is 20.3 Å². The Bertz CT molecular complexity index is 299. The largest absolute Gasteiger partial charge is 0.428 e. The van der Waals surface area contributed by atoms with Crippen LogP contribution in [0.2, 0.25) is 0 Å². The molecular formula is C9H12O3. The monoisotopic (exact) mass is 168 g/mol. The van der Waals surface area contributed by atoms with Crippen LogP contribution >= 0.6 is 0 Å². The maximum atomic E-state index is 10.8. The van der Waals surface area contributed by atoms with Crippen LogP contribution in [0.15, 0.2) is 15.3 Å². The van der Waals surface area contributed by atoms with Crippen LogP contribution in [0.25, 0.3) is 0 Å². The molecule has 1 aromatic heterocycles. The van der Waals surface area contributed by atoms with Crippen molar-refractivity contribution in [1.82, 2.24) is 0 Å². The Morgan fingerprint density at radius 1 is 1.50 bits per heavy atom. The number of hydrogen-bond acceptors (Lipinski definition) is 3. The lowest BCUT2D eigenvalue weighted by atomic mass is 10.1. The summed E-state index contributed by atoms with van der Waals surface area (Å²) in [6.07, 6.45) is 0.543. The molecule has 1 aromatic rings. The zero-order valence-electron chi connectivity index (χ0n) is 7.26. The van der Waals surface area contributed by atoms with Crippen LogP contribution in [-0.2, 0) is 6.42 Å². The summed E-state index contributed by atoms with van der Waals surface area (Å²) in [4.78, 5) is 10.8. The van der Waals surface area contributed by atoms with Gasteiger partial charge < -0.3 is 9.52 Å². The van der Waals surface area contributed by atoms with E-state index >= 15 is 0 Å². The molecule has 0 aliphatic rings. The van der Waals surface area contributed by atoms with E-state index in [1.54, 1.807) is 6.92 Å². The van der Waals surface area contributed by atoms with E-state index in [1.165, 1.54) is 6.07 Å². The second-order valence-electron chi connectivity index (χ2n) is 2.76. The van der Waals surface area contributed by atoms with Gasteiger partial charge in [-0.2, -0.15) is 0 Å². The molecule has 3 heteroatoms. The number of aryl methyl sites for hydroxylation is 2. The molecule has 0 amide bonds. The first-order valence-corrected chi connectivity index (χ1v) is 3.86. The van der Waals surface area contributed by atoms with Crippen molar-refractivity contribution in [3.63, 3.8) is 0 Å². The molecule has 1 rings (SSSR count). The standard InChI is InChI=1S/C9H12O3/c1-6-5-9(11)12-7(2)8(6)3-4-10/h5,10H,3-4H2,1-2H3. The highest BCUT2D eigenvalue weighted by atomic mass is 16.4. The third kappa shape index (κ3) is 1.74. The van der Waals surface area contributed by atoms with E-state index in [-0.39, 0.29) is 12.2 Å². The van der Waals surface area contributed by atoms with Crippen LogP contribution in [0.3, 0.4) is 0 Å². The molecule has 0 fully saturated rings. The predicted molar refractivity (Wildman–Crippen MR) is 45.2 cm³/mol. The Hall–Kier alpha value is -1.09. The van der Waals surface area contributed by atoms with Gasteiger partial charge >= 0.3 is 5.63 Å². The van der Waals surface area contributed by atoms with Gasteiger partial charge in [-0.1, -0.05) is 0 Å². The van der Waals surface area contributed by atoms with Crippen molar-refractivity contribution in [2.75, 3.05) is 6.61 Å². The van der Waals surface area contributed by atoms with Crippen LogP contribution in [-0.4, -0.2) is 11.7 Å². The van der Waals surface area contributed by atoms with Gasteiger partial charge in [-0.25, -0.2) is 4.79 Å². The van der Waals surface area contributed by atoms with Gasteiger partial charge in [0.05, 0.1) is 0 Å². The van der Waals surface area contributed by atoms with Crippen LogP contribution < -0.4 is 5.63 Å². The highest BCUT2D eigenvalue weighted by Gasteiger charge is 2.04. The normalized spacial score (nSPS) is 10.2. The van der Waals surface area contributed by atoms with E-state index in [2.05, 4.69) is 0 Å². The van der Waals surface area contributed by atoms with Crippen molar-refractivity contribution in [1.29, 1.82) is 0 Å². The van der Waals surface area contributed by atoms with E-state index in [1.807, 2.05) is 6.92 Å². The maximum absolute atomic E-state index is 10.8. The third-order valence-corrected chi connectivity index (χ3v) is 1.85. The topological polar surface area (TPSA) is 50.4 Å². The molecule has 0 spiro atoms. The van der Waals surface area contributed by atoms with Crippen LogP contribution in [0.4, 0.5) is 0 Å². The molecule has 0 radical (unpaired) electrons. The molecule has 0 aliphatic carbocycles. The number of aliphatic hydroxyl groups excluding tert-OH is 1. The highest BCUT2D eigenvalue weighted by Crippen LogP contribution is 2.10. The summed E-state index contributed by atoms with van der Waals surface area (Å²) in [5.41, 5.74) is 1.49. The van der Waals surface area contributed by atoms with Gasteiger partial charge in [-0.05, 0) is 31.4 Å². The zero-order valence-corrected chi connectivity index (χ0v) is 7.26. The first-order valence-electron chi connectivity index (χ1n) is 3.86. The first-order chi connectivity index (χ1) is 5.65. The fraction of sp³-hybridized carbons (Fsp3) is 0.444. The summed E-state index contributed by atoms with van der Waals surface area (Å²) < 4.78 is 4.87. The van der Waals surface area contributed by atoms with Crippen molar-refractivity contribution in [2.24, 2.45) is 0 Å². The van der Waals surface area contributed by atoms with Gasteiger partial charge in [-0.15, -0.1) is 0 Å². The van der Waals surface area contributed by atoms with Gasteiger partial charge in [0.15, 0.2) is 0 Å². The Morgan fingerprint density at radius 3 is 2.67 bits per heavy atom. The van der Waals surface area contributed by atoms with Gasteiger partial charge in [0.25, 0.3) is 0 Å². The van der Waals surface area contributed by atoms with Gasteiger partial charge in [-0.3, -0.25) is 0 Å². The molecular weight excluding hydrogens is 156 g/mol. The molecule has 0 saturated heterocycles. The van der Waals surface area contributed by atoms with E-state index in [0.29, 0.717) is 12.2 Å². The SMILES string of the molecule is Cc1cc(=O)oc(C)c1CCO. The molecule has 1 heterocycles. The fourth-order valence-corrected chi connectivity index (χ4v) is 1.27. The molecule has 0 saturated carbocycles. The molecule has 0 aliphatic heterocycles. The van der Waals surface area contributed by atoms with E-state index < -0.39 is 0 Å². The van der Waals surface area contributed by atoms with Crippen LogP contribution in [0.1, 0.15) is 16.9 Å². The average Bonchev–Trinajstić information content (AvgIpc) is 1.96. The molecule has 0 unspecified atom stereocenters. The molecule has 0 bridgehead atoms. The molecule has 0 atom stereocenters. The maximum Gasteiger partial charge on any atom is 0.336 e. The Labute approximate surface area is 70.7 Å². The van der Waals surface area contributed by atoms with E-state index in [0.717, 1.165) is 11.1 Å². The summed E-state index contributed by atoms with van der Waals surface area (Å²) >= 11 is 0. The average molecular weight is 168 g/mol. The molecule has 0 aromatic carbocycles. The molecule has 3 nitrogen and oxygen atoms in total. The van der Waals surface area contributed by atoms with Crippen LogP contribution in [0, 0.1) is 13.8 Å². The molecule has 66 valence electrons. The lowest BCUT2D eigenvalue weighted by molar-refractivity contribution is 0.297. The number of hydrogen-bond donors (Lipinski definition) is 1. The van der Waals surface area contributed by atoms with Gasteiger partial charge in [0.2, 0.25) is 0 Å². The van der Waals surface area contributed by atoms with E-state index in [9.17, 15) is 4.79 Å². The Balaban J connectivity index is 3.18. The van der Waals surface area contributed by atoms with Crippen molar-refractivity contribution < 1.29 is 9.52 Å². The molecule has 12 heavy (non-hydrogen) atoms. The minimum Gasteiger partial charge on any atom is -0.428 e. The number of rotatable bonds is 2. The van der Waals surface area contributed by atoms with Crippen LogP contribution in [0.5, 0.6) is 0 Å². The quantitative estimate of drug-likeness (QED) is 0.710. The minimum atomic E-state index is -0.327. The summed E-state index contributed by atoms with van der Waals surface area (Å²) in [7, 11) is 0. The summed E-state index contributed by atoms with van der Waals surface area (Å²) in [6, 6.07) is 1.44. The summed E-state index contributed by atoms with van der Waals surface area (Å²) in [6.45, 7) is 3.66. The fourth-order valence-electron chi connectivity index (χ4n) is 1.27. The minimum absolute atomic E-state index is 0.0788. The Kier molecular flexibility index (Phi) is 2.65. The first kappa shape index (κ1) is 9.00. The smallest absolute Gasteiger partial charge is 0.336 e. The third-order valence-electron chi connectivity index (χ3n) is 1.85. The van der Waals surface area contributed by atoms with Crippen molar-refractivity contribution in [3.8, 4) is 0 Å². The summed E-state index contributed by atoms with van der Waals surface area (Å²) in [5.74, 6) is 0.606. The lowest BCUT2D eigenvalue weighted by Crippen LogP contribution is -2.05.